The number of aromatic nitrogens is 1. The molecule has 0 fully saturated rings. The largest absolute Gasteiger partial charge is 0.329 e. The number of thioether (sulfide) groups is 1. The summed E-state index contributed by atoms with van der Waals surface area (Å²) in [5, 5.41) is 0. The Morgan fingerprint density at radius 2 is 2.24 bits per heavy atom. The van der Waals surface area contributed by atoms with Crippen molar-refractivity contribution in [1.82, 2.24) is 9.88 Å². The van der Waals surface area contributed by atoms with Crippen molar-refractivity contribution < 1.29 is 0 Å². The Balaban J connectivity index is 2.88. The van der Waals surface area contributed by atoms with Crippen molar-refractivity contribution in [1.29, 1.82) is 0 Å². The normalized spacial score (nSPS) is 14.9. The fraction of sp³-hybridized carbons (Fsp3) is 0.615. The van der Waals surface area contributed by atoms with Gasteiger partial charge in [0.05, 0.1) is 0 Å². The number of hydrogen-bond acceptors (Lipinski definition) is 4. The Kier molecular flexibility index (Phi) is 5.95. The van der Waals surface area contributed by atoms with E-state index in [4.69, 9.17) is 5.73 Å². The molecule has 96 valence electrons. The molecule has 0 aliphatic heterocycles. The van der Waals surface area contributed by atoms with Gasteiger partial charge >= 0.3 is 0 Å². The van der Waals surface area contributed by atoms with E-state index in [1.165, 1.54) is 11.1 Å². The van der Waals surface area contributed by atoms with E-state index < -0.39 is 0 Å². The molecule has 0 saturated carbocycles. The second kappa shape index (κ2) is 6.99. The maximum Gasteiger partial charge on any atom is 0.0488 e. The van der Waals surface area contributed by atoms with Crippen LogP contribution in [0.4, 0.5) is 0 Å². The van der Waals surface area contributed by atoms with E-state index in [-0.39, 0.29) is 6.04 Å². The van der Waals surface area contributed by atoms with Gasteiger partial charge in [0, 0.05) is 36.8 Å². The van der Waals surface area contributed by atoms with E-state index in [1.807, 2.05) is 30.2 Å². The van der Waals surface area contributed by atoms with E-state index in [9.17, 15) is 0 Å². The minimum Gasteiger partial charge on any atom is -0.329 e. The highest BCUT2D eigenvalue weighted by Crippen LogP contribution is 2.23. The summed E-state index contributed by atoms with van der Waals surface area (Å²) in [6, 6.07) is 2.81. The molecule has 1 rings (SSSR count). The lowest BCUT2D eigenvalue weighted by Crippen LogP contribution is -2.38. The number of nitrogens with zero attached hydrogens (tertiary/aromatic N) is 2. The second-order valence-electron chi connectivity index (χ2n) is 4.45. The molecule has 2 atom stereocenters. The van der Waals surface area contributed by atoms with Crippen molar-refractivity contribution in [2.24, 2.45) is 5.73 Å². The van der Waals surface area contributed by atoms with Crippen LogP contribution in [0.25, 0.3) is 0 Å². The maximum absolute atomic E-state index is 5.93. The van der Waals surface area contributed by atoms with Gasteiger partial charge in [-0.1, -0.05) is 0 Å². The van der Waals surface area contributed by atoms with Crippen molar-refractivity contribution in [3.05, 3.63) is 29.6 Å². The third-order valence-electron chi connectivity index (χ3n) is 3.26. The average molecular weight is 253 g/mol. The van der Waals surface area contributed by atoms with Crippen LogP contribution in [0.1, 0.15) is 24.1 Å². The Labute approximate surface area is 109 Å². The Morgan fingerprint density at radius 3 is 2.76 bits per heavy atom. The van der Waals surface area contributed by atoms with Crippen LogP contribution in [0.3, 0.4) is 0 Å². The van der Waals surface area contributed by atoms with Gasteiger partial charge in [0.1, 0.15) is 0 Å². The summed E-state index contributed by atoms with van der Waals surface area (Å²) in [5.41, 5.74) is 8.44. The lowest BCUT2D eigenvalue weighted by molar-refractivity contribution is 0.203. The van der Waals surface area contributed by atoms with Crippen LogP contribution in [0.15, 0.2) is 18.5 Å². The zero-order chi connectivity index (χ0) is 12.8. The summed E-state index contributed by atoms with van der Waals surface area (Å²) >= 11 is 1.87. The molecule has 3 nitrogen and oxygen atoms in total. The SMILES string of the molecule is CSCC(C)N(C)C(CN)c1cnccc1C. The lowest BCUT2D eigenvalue weighted by Gasteiger charge is -2.33. The van der Waals surface area contributed by atoms with Crippen LogP contribution in [-0.4, -0.2) is 41.5 Å². The van der Waals surface area contributed by atoms with E-state index in [0.717, 1.165) is 5.75 Å². The second-order valence-corrected chi connectivity index (χ2v) is 5.36. The van der Waals surface area contributed by atoms with Crippen molar-refractivity contribution in [2.45, 2.75) is 25.9 Å². The van der Waals surface area contributed by atoms with Gasteiger partial charge in [-0.25, -0.2) is 0 Å². The van der Waals surface area contributed by atoms with Crippen molar-refractivity contribution in [3.63, 3.8) is 0 Å². The first-order valence-corrected chi connectivity index (χ1v) is 7.32. The predicted molar refractivity (Wildman–Crippen MR) is 76.4 cm³/mol. The van der Waals surface area contributed by atoms with E-state index in [2.05, 4.69) is 37.0 Å². The lowest BCUT2D eigenvalue weighted by atomic mass is 10.0. The molecule has 0 aromatic carbocycles. The number of nitrogens with two attached hydrogens (primary N) is 1. The molecular weight excluding hydrogens is 230 g/mol. The molecule has 1 aromatic heterocycles. The Bertz CT molecular complexity index is 343. The molecule has 1 aromatic rings. The quantitative estimate of drug-likeness (QED) is 0.843. The van der Waals surface area contributed by atoms with Gasteiger partial charge in [0.15, 0.2) is 0 Å². The summed E-state index contributed by atoms with van der Waals surface area (Å²) < 4.78 is 0. The minimum absolute atomic E-state index is 0.255. The molecule has 0 aliphatic carbocycles. The first-order chi connectivity index (χ1) is 8.11. The summed E-state index contributed by atoms with van der Waals surface area (Å²) in [6.07, 6.45) is 5.91. The van der Waals surface area contributed by atoms with Crippen LogP contribution in [0.5, 0.6) is 0 Å². The molecule has 0 spiro atoms. The van der Waals surface area contributed by atoms with Crippen LogP contribution >= 0.6 is 11.8 Å². The van der Waals surface area contributed by atoms with Gasteiger partial charge in [0.25, 0.3) is 0 Å². The molecular formula is C13H23N3S. The zero-order valence-electron chi connectivity index (χ0n) is 11.2. The van der Waals surface area contributed by atoms with Gasteiger partial charge in [0.2, 0.25) is 0 Å². The number of hydrogen-bond donors (Lipinski definition) is 1. The molecule has 2 N–H and O–H groups in total. The highest BCUT2D eigenvalue weighted by molar-refractivity contribution is 7.98. The summed E-state index contributed by atoms with van der Waals surface area (Å²) in [7, 11) is 2.14. The van der Waals surface area contributed by atoms with Gasteiger partial charge in [-0.2, -0.15) is 11.8 Å². The van der Waals surface area contributed by atoms with Crippen molar-refractivity contribution in [2.75, 3.05) is 25.6 Å². The highest BCUT2D eigenvalue weighted by Gasteiger charge is 2.21. The predicted octanol–water partition coefficient (Wildman–Crippen LogP) is 2.07. The number of rotatable bonds is 6. The molecule has 2 unspecified atom stereocenters. The van der Waals surface area contributed by atoms with Gasteiger partial charge in [-0.05, 0) is 44.3 Å². The summed E-state index contributed by atoms with van der Waals surface area (Å²) in [6.45, 7) is 4.99. The van der Waals surface area contributed by atoms with E-state index >= 15 is 0 Å². The molecule has 0 aliphatic rings. The number of likely N-dealkylation sites (N-methyl/N-ethyl adjacent to an activating group) is 1. The van der Waals surface area contributed by atoms with Crippen molar-refractivity contribution >= 4 is 11.8 Å². The number of pyridine rings is 1. The fourth-order valence-electron chi connectivity index (χ4n) is 2.00. The van der Waals surface area contributed by atoms with Crippen LogP contribution < -0.4 is 5.73 Å². The van der Waals surface area contributed by atoms with E-state index in [1.54, 1.807) is 0 Å². The first-order valence-electron chi connectivity index (χ1n) is 5.93. The third-order valence-corrected chi connectivity index (χ3v) is 4.07. The highest BCUT2D eigenvalue weighted by atomic mass is 32.2. The minimum atomic E-state index is 0.255. The Morgan fingerprint density at radius 1 is 1.53 bits per heavy atom. The monoisotopic (exact) mass is 253 g/mol. The topological polar surface area (TPSA) is 42.1 Å². The molecule has 0 amide bonds. The van der Waals surface area contributed by atoms with Crippen LogP contribution in [-0.2, 0) is 0 Å². The molecule has 0 saturated heterocycles. The molecule has 0 bridgehead atoms. The third kappa shape index (κ3) is 3.69. The van der Waals surface area contributed by atoms with Gasteiger partial charge in [-0.3, -0.25) is 9.88 Å². The van der Waals surface area contributed by atoms with Gasteiger partial charge < -0.3 is 5.73 Å². The number of aryl methyl sites for hydroxylation is 1. The van der Waals surface area contributed by atoms with Crippen LogP contribution in [0, 0.1) is 6.92 Å². The average Bonchev–Trinajstić information content (AvgIpc) is 2.32. The fourth-order valence-corrected chi connectivity index (χ4v) is 2.72. The smallest absolute Gasteiger partial charge is 0.0488 e. The molecule has 17 heavy (non-hydrogen) atoms. The van der Waals surface area contributed by atoms with Gasteiger partial charge in [-0.15, -0.1) is 0 Å². The van der Waals surface area contributed by atoms with Crippen molar-refractivity contribution in [3.8, 4) is 0 Å². The molecule has 0 radical (unpaired) electrons. The van der Waals surface area contributed by atoms with E-state index in [0.29, 0.717) is 12.6 Å². The first kappa shape index (κ1) is 14.5. The summed E-state index contributed by atoms with van der Waals surface area (Å²) in [5.74, 6) is 1.12. The summed E-state index contributed by atoms with van der Waals surface area (Å²) in [4.78, 5) is 6.56. The maximum atomic E-state index is 5.93. The Hall–Kier alpha value is -0.580. The standard InChI is InChI=1S/C13H23N3S/c1-10-5-6-15-8-12(10)13(7-14)16(3)11(2)9-17-4/h5-6,8,11,13H,7,9,14H2,1-4H3. The molecule has 4 heteroatoms. The zero-order valence-corrected chi connectivity index (χ0v) is 12.0. The molecule has 1 heterocycles. The van der Waals surface area contributed by atoms with Crippen LogP contribution in [0.2, 0.25) is 0 Å².